The number of ketones is 2. The Morgan fingerprint density at radius 3 is 1.17 bits per heavy atom. The standard InChI is InChI=1S/C40H55N5O5.C38H55N5O4.C28H31N3O4.C12H22N2O.CH4O/c1-25(46)50-31-12-14-32-27(19-31)9-13-33-35-15-16-36(47)40(35,6)22-34(37(32)33)26-7-10-30(11-8-26)49-18-17-44-24-29(42-43-44)23-41-28-20-38(2,3)45(48)39(4,5)21-28;1-36(2)19-26(20-37(3,4)43(36)46)39-22-27-23-42(41-40-27)16-17-47-29-10-6-24(7-11-29)32-21-38(5)33(14-15-34(38)45)31-12-8-25-18-28(44)9-13-30(25)35(31)32;1-17(32)35-21-8-10-22-19(15-21)5-9-23-25-11-12-26(33)28(25,2)16-24(27(22)23)18-3-6-20(7-4-18)34-14-13-30-31-29;1-6-7-13-10-8-11(2,3)14(15)12(4,5)9-10;1-2/h7-8,10-12,14,19,24,28,33-35,37,41-43,48H,9,13,15-18,20-23H2,1-6H3;6-7,9-11,13,18,23,26,31-35,39-41,44-46H,8,12,14-17,19-22H2,1-5H3;3-4,6-8,10,15,23-25,27H,5,9,11-14,16H2,1-2H3;1,10,13,15H,7-9H2,2-5H3;2H,1H3/t33?,34-,35?,37?,40+;31?,32-,33?,34+,35?,38+;23?,24-,25?,27?,28+;;/m111../s1. The molecule has 0 bridgehead atoms. The van der Waals surface area contributed by atoms with E-state index >= 15 is 0 Å². The minimum atomic E-state index is -0.309. The molecule has 149 heavy (non-hydrogen) atoms. The molecular formula is C119H167N15O15. The molecule has 3 saturated heterocycles. The molecule has 6 saturated carbocycles. The molecule has 9 fully saturated rings. The van der Waals surface area contributed by atoms with Gasteiger partial charge in [-0.05, 0) is 410 Å². The number of rotatable bonds is 25. The number of piperidine rings is 3. The van der Waals surface area contributed by atoms with Crippen LogP contribution in [0.15, 0.2) is 156 Å². The van der Waals surface area contributed by atoms with Crippen LogP contribution in [0, 0.1) is 64.1 Å². The molecule has 9 aliphatic carbocycles. The summed E-state index contributed by atoms with van der Waals surface area (Å²) in [6.45, 7) is 39.6. The number of benzene rings is 6. The number of hydroxylamine groups is 6. The van der Waals surface area contributed by atoms with Gasteiger partial charge >= 0.3 is 11.9 Å². The van der Waals surface area contributed by atoms with E-state index in [1.54, 1.807) is 0 Å². The summed E-state index contributed by atoms with van der Waals surface area (Å²) in [4.78, 5) is 52.3. The Morgan fingerprint density at radius 2 is 0.799 bits per heavy atom. The second-order valence-corrected chi connectivity index (χ2v) is 49.4. The maximum absolute atomic E-state index is 13.3. The van der Waals surface area contributed by atoms with Crippen molar-refractivity contribution in [3.63, 3.8) is 0 Å². The number of nitrogens with one attached hydrogen (secondary N) is 7. The van der Waals surface area contributed by atoms with E-state index in [0.29, 0.717) is 172 Å². The molecule has 6 aromatic carbocycles. The Kier molecular flexibility index (Phi) is 34.1. The number of azide groups is 1. The summed E-state index contributed by atoms with van der Waals surface area (Å²) >= 11 is 0. The van der Waals surface area contributed by atoms with Crippen LogP contribution in [0.5, 0.6) is 34.5 Å². The molecule has 14 aliphatic rings. The SMILES string of the molecule is C#CCNC1CC(C)(C)N(O)C(C)(C)C1.CC(=O)Oc1ccc2c(c1)CCC1C2[C@@H](c2ccc(OCCN3C=C(CNC4CC(C)(C)N(O)C(C)(C)C4)NN3)cc2)C[C@]2(C)C(=O)CCC12.CC(=O)Oc1ccc2c(c1)CCC1C2[C@@H](c2ccc(OCCN=[N+]=[N-])cc2)C[C@]2(C)C(=O)CCC12.CC1(C)CC(NCC2=CN(CCOc3ccc([C@H]4C[C@@]5(C)C(CC[C@@H]5O)C5CCc6cc(O)ccc6C54)cc3)NN2)CC(C)(C)N1O.CO. The van der Waals surface area contributed by atoms with Crippen molar-refractivity contribution in [2.45, 2.75) is 346 Å². The molecule has 0 amide bonds. The third kappa shape index (κ3) is 24.2. The molecule has 30 nitrogen and oxygen atoms in total. The van der Waals surface area contributed by atoms with Crippen LogP contribution in [-0.4, -0.2) is 203 Å². The summed E-state index contributed by atoms with van der Waals surface area (Å²) in [6.07, 6.45) is 28.7. The van der Waals surface area contributed by atoms with E-state index in [9.17, 15) is 45.0 Å². The van der Waals surface area contributed by atoms with Crippen LogP contribution >= 0.6 is 0 Å². The van der Waals surface area contributed by atoms with Gasteiger partial charge in [0.25, 0.3) is 0 Å². The van der Waals surface area contributed by atoms with Gasteiger partial charge in [0.15, 0.2) is 0 Å². The van der Waals surface area contributed by atoms with Crippen molar-refractivity contribution in [2.75, 3.05) is 66.2 Å². The Bertz CT molecular complexity index is 5820. The normalized spacial score (nSPS) is 30.0. The van der Waals surface area contributed by atoms with Crippen molar-refractivity contribution >= 4 is 23.5 Å². The zero-order valence-electron chi connectivity index (χ0n) is 91.2. The molecule has 13 N–H and O–H groups in total. The molecule has 808 valence electrons. The number of fused-ring (bicyclic) bond motifs is 15. The van der Waals surface area contributed by atoms with E-state index in [2.05, 4.69) is 255 Å². The predicted octanol–water partition coefficient (Wildman–Crippen LogP) is 18.9. The number of terminal acetylenes is 1. The summed E-state index contributed by atoms with van der Waals surface area (Å²) in [5.74, 6) is 11.5. The molecule has 9 unspecified atom stereocenters. The highest BCUT2D eigenvalue weighted by Crippen LogP contribution is 2.69. The second kappa shape index (κ2) is 45.6. The third-order valence-corrected chi connectivity index (χ3v) is 36.6. The van der Waals surface area contributed by atoms with Crippen LogP contribution in [0.25, 0.3) is 10.4 Å². The number of aliphatic hydroxyl groups excluding tert-OH is 2. The number of hydrogen-bond acceptors (Lipinski definition) is 28. The number of aliphatic hydroxyl groups is 2. The molecule has 0 radical (unpaired) electrons. The summed E-state index contributed by atoms with van der Waals surface area (Å²) in [7, 11) is 1.00. The first-order valence-corrected chi connectivity index (χ1v) is 54.7. The van der Waals surface area contributed by atoms with Crippen LogP contribution in [-0.2, 0) is 38.4 Å². The Hall–Kier alpha value is -10.2. The molecule has 6 aromatic rings. The van der Waals surface area contributed by atoms with Crippen molar-refractivity contribution in [1.29, 1.82) is 0 Å². The average Bonchev–Trinajstić information content (AvgIpc) is 1.65. The van der Waals surface area contributed by atoms with E-state index in [0.717, 1.165) is 164 Å². The van der Waals surface area contributed by atoms with Crippen LogP contribution in [0.3, 0.4) is 0 Å². The number of hydrazine groups is 4. The lowest BCUT2D eigenvalue weighted by molar-refractivity contribution is -0.246. The van der Waals surface area contributed by atoms with Crippen molar-refractivity contribution in [3.05, 3.63) is 212 Å². The summed E-state index contributed by atoms with van der Waals surface area (Å²) < 4.78 is 28.9. The third-order valence-electron chi connectivity index (χ3n) is 36.6. The van der Waals surface area contributed by atoms with Crippen molar-refractivity contribution in [3.8, 4) is 46.8 Å². The van der Waals surface area contributed by atoms with Crippen molar-refractivity contribution < 1.29 is 73.8 Å². The number of aryl methyl sites for hydroxylation is 3. The van der Waals surface area contributed by atoms with E-state index in [4.69, 9.17) is 40.7 Å². The summed E-state index contributed by atoms with van der Waals surface area (Å²) in [6, 6.07) is 44.7. The van der Waals surface area contributed by atoms with Gasteiger partial charge < -0.3 is 81.4 Å². The fourth-order valence-electron chi connectivity index (χ4n) is 30.4. The summed E-state index contributed by atoms with van der Waals surface area (Å²) in [5, 5.41) is 82.4. The topological polar surface area (TPSA) is 385 Å². The average molecular weight is 2050 g/mol. The molecule has 30 heteroatoms. The first-order valence-electron chi connectivity index (χ1n) is 54.7. The number of phenols is 1. The van der Waals surface area contributed by atoms with E-state index in [1.807, 2.05) is 52.5 Å². The molecule has 5 aliphatic heterocycles. The molecular weight excluding hydrogens is 1880 g/mol. The molecule has 16 atom stereocenters. The first-order chi connectivity index (χ1) is 70.8. The maximum Gasteiger partial charge on any atom is 0.308 e. The smallest absolute Gasteiger partial charge is 0.308 e. The number of hydrogen-bond donors (Lipinski definition) is 13. The Labute approximate surface area is 882 Å². The lowest BCUT2D eigenvalue weighted by atomic mass is 9.51. The molecule has 20 rings (SSSR count). The molecule has 5 heterocycles. The van der Waals surface area contributed by atoms with Gasteiger partial charge in [0.05, 0.1) is 50.3 Å². The highest BCUT2D eigenvalue weighted by atomic mass is 16.5. The van der Waals surface area contributed by atoms with E-state index < -0.39 is 0 Å². The van der Waals surface area contributed by atoms with Crippen LogP contribution < -0.4 is 61.6 Å². The number of nitrogens with zero attached hydrogens (tertiary/aromatic N) is 8. The van der Waals surface area contributed by atoms with Gasteiger partial charge in [0.1, 0.15) is 59.3 Å². The first kappa shape index (κ1) is 111. The number of aromatic hydroxyl groups is 1. The van der Waals surface area contributed by atoms with Gasteiger partial charge in [-0.1, -0.05) is 86.4 Å². The van der Waals surface area contributed by atoms with Gasteiger partial charge in [-0.25, -0.2) is 0 Å². The summed E-state index contributed by atoms with van der Waals surface area (Å²) in [5.41, 5.74) is 33.1. The minimum absolute atomic E-state index is 0.0572. The quantitative estimate of drug-likeness (QED) is 0.00481. The van der Waals surface area contributed by atoms with Gasteiger partial charge in [-0.3, -0.25) is 29.2 Å². The molecule has 0 aromatic heterocycles. The van der Waals surface area contributed by atoms with Crippen LogP contribution in [0.1, 0.15) is 319 Å². The lowest BCUT2D eigenvalue weighted by Gasteiger charge is -2.54. The highest BCUT2D eigenvalue weighted by molar-refractivity contribution is 5.88. The van der Waals surface area contributed by atoms with Gasteiger partial charge in [0, 0.05) is 126 Å². The van der Waals surface area contributed by atoms with Gasteiger partial charge in [0.2, 0.25) is 0 Å². The number of carbonyl (C=O) groups excluding carboxylic acids is 4. The number of phenolic OH excluding ortho intramolecular Hbond substituents is 1. The maximum atomic E-state index is 13.3. The highest BCUT2D eigenvalue weighted by Gasteiger charge is 2.62. The van der Waals surface area contributed by atoms with E-state index in [1.165, 1.54) is 79.1 Å². The zero-order valence-corrected chi connectivity index (χ0v) is 91.2. The van der Waals surface area contributed by atoms with Crippen LogP contribution in [0.2, 0.25) is 0 Å². The lowest BCUT2D eigenvalue weighted by Crippen LogP contribution is -2.62. The monoisotopic (exact) mass is 2050 g/mol. The Balaban J connectivity index is 0.000000149. The van der Waals surface area contributed by atoms with E-state index in [-0.39, 0.29) is 79.4 Å². The predicted molar refractivity (Wildman–Crippen MR) is 575 cm³/mol. The Morgan fingerprint density at radius 1 is 0.450 bits per heavy atom. The number of esters is 2. The fraction of sp³-hybridized carbons (Fsp3) is 0.613. The number of Topliss-reactive ketones (excluding diaryl/α,β-unsaturated/α-hetero) is 2. The van der Waals surface area contributed by atoms with Crippen molar-refractivity contribution in [1.82, 2.24) is 63.1 Å². The van der Waals surface area contributed by atoms with Crippen LogP contribution in [0.4, 0.5) is 0 Å². The number of ether oxygens (including phenoxy) is 5. The zero-order chi connectivity index (χ0) is 107. The van der Waals surface area contributed by atoms with Crippen molar-refractivity contribution in [2.24, 2.45) is 56.9 Å². The molecule has 0 spiro atoms. The van der Waals surface area contributed by atoms with Gasteiger partial charge in [-0.2, -0.15) is 15.2 Å². The van der Waals surface area contributed by atoms with Gasteiger partial charge in [-0.15, -0.1) is 17.5 Å². The fourth-order valence-corrected chi connectivity index (χ4v) is 30.4. The minimum Gasteiger partial charge on any atom is -0.508 e. The number of carbonyl (C=O) groups is 4. The second-order valence-electron chi connectivity index (χ2n) is 49.4. The largest absolute Gasteiger partial charge is 0.508 e.